The Balaban J connectivity index is 3.76. The molecule has 0 fully saturated rings. The average Bonchev–Trinajstić information content (AvgIpc) is 2.14. The van der Waals surface area contributed by atoms with E-state index in [2.05, 4.69) is 18.7 Å². The van der Waals surface area contributed by atoms with Crippen LogP contribution in [0.2, 0.25) is 0 Å². The minimum absolute atomic E-state index is 0.0851. The largest absolute Gasteiger partial charge is 0.355 e. The Hall–Kier alpha value is -0.120. The molecule has 0 rings (SSSR count). The minimum Gasteiger partial charge on any atom is -0.355 e. The summed E-state index contributed by atoms with van der Waals surface area (Å²) in [5.74, 6) is 0. The summed E-state index contributed by atoms with van der Waals surface area (Å²) in [6, 6.07) is 0. The van der Waals surface area contributed by atoms with E-state index in [9.17, 15) is 0 Å². The van der Waals surface area contributed by atoms with E-state index >= 15 is 0 Å². The van der Waals surface area contributed by atoms with Crippen molar-refractivity contribution in [1.82, 2.24) is 4.90 Å². The Morgan fingerprint density at radius 2 is 1.46 bits per heavy atom. The van der Waals surface area contributed by atoms with E-state index in [1.807, 2.05) is 0 Å². The smallest absolute Gasteiger partial charge is 0.169 e. The van der Waals surface area contributed by atoms with Crippen LogP contribution in [0.15, 0.2) is 0 Å². The Morgan fingerprint density at radius 3 is 1.77 bits per heavy atom. The van der Waals surface area contributed by atoms with Gasteiger partial charge in [0.05, 0.1) is 0 Å². The molecule has 13 heavy (non-hydrogen) atoms. The second-order valence-corrected chi connectivity index (χ2v) is 3.20. The lowest BCUT2D eigenvalue weighted by molar-refractivity contribution is -0.116. The van der Waals surface area contributed by atoms with E-state index in [0.717, 1.165) is 19.6 Å². The second kappa shape index (κ2) is 8.48. The van der Waals surface area contributed by atoms with Crippen LogP contribution in [0, 0.1) is 0 Å². The molecule has 0 aliphatic carbocycles. The van der Waals surface area contributed by atoms with Gasteiger partial charge >= 0.3 is 0 Å². The molecule has 0 aromatic heterocycles. The molecule has 0 aromatic rings. The maximum absolute atomic E-state index is 5.16. The van der Waals surface area contributed by atoms with Crippen LogP contribution in [0.3, 0.4) is 0 Å². The van der Waals surface area contributed by atoms with Crippen molar-refractivity contribution in [3.63, 3.8) is 0 Å². The predicted molar refractivity (Wildman–Crippen MR) is 54.8 cm³/mol. The molecule has 0 radical (unpaired) electrons. The van der Waals surface area contributed by atoms with E-state index in [4.69, 9.17) is 9.47 Å². The van der Waals surface area contributed by atoms with Crippen LogP contribution in [-0.2, 0) is 9.47 Å². The summed E-state index contributed by atoms with van der Waals surface area (Å²) in [6.07, 6.45) is 2.28. The fraction of sp³-hybridized carbons (Fsp3) is 1.00. The van der Waals surface area contributed by atoms with E-state index in [-0.39, 0.29) is 6.29 Å². The number of hydrogen-bond acceptors (Lipinski definition) is 3. The first kappa shape index (κ1) is 12.9. The van der Waals surface area contributed by atoms with Crippen molar-refractivity contribution in [2.45, 2.75) is 33.0 Å². The van der Waals surface area contributed by atoms with Crippen molar-refractivity contribution >= 4 is 0 Å². The lowest BCUT2D eigenvalue weighted by Gasteiger charge is -2.24. The number of rotatable bonds is 8. The summed E-state index contributed by atoms with van der Waals surface area (Å²) in [5.41, 5.74) is 0. The van der Waals surface area contributed by atoms with Crippen molar-refractivity contribution in [1.29, 1.82) is 0 Å². The molecule has 0 aliphatic rings. The summed E-state index contributed by atoms with van der Waals surface area (Å²) in [5, 5.41) is 0. The molecule has 0 saturated heterocycles. The van der Waals surface area contributed by atoms with Gasteiger partial charge < -0.3 is 9.47 Å². The zero-order valence-electron chi connectivity index (χ0n) is 9.38. The van der Waals surface area contributed by atoms with Gasteiger partial charge in [-0.3, -0.25) is 4.90 Å². The van der Waals surface area contributed by atoms with Crippen molar-refractivity contribution in [2.75, 3.05) is 33.9 Å². The zero-order valence-corrected chi connectivity index (χ0v) is 9.38. The highest BCUT2D eigenvalue weighted by Gasteiger charge is 2.10. The van der Waals surface area contributed by atoms with Crippen LogP contribution in [0.25, 0.3) is 0 Å². The maximum atomic E-state index is 5.16. The highest BCUT2D eigenvalue weighted by Crippen LogP contribution is 1.99. The van der Waals surface area contributed by atoms with Crippen molar-refractivity contribution in [3.8, 4) is 0 Å². The monoisotopic (exact) mass is 189 g/mol. The van der Waals surface area contributed by atoms with Crippen LogP contribution in [0.4, 0.5) is 0 Å². The fourth-order valence-electron chi connectivity index (χ4n) is 1.38. The van der Waals surface area contributed by atoms with Gasteiger partial charge in [0.15, 0.2) is 6.29 Å². The van der Waals surface area contributed by atoms with Gasteiger partial charge in [0.2, 0.25) is 0 Å². The first-order valence-corrected chi connectivity index (χ1v) is 5.06. The molecule has 80 valence electrons. The molecule has 0 bridgehead atoms. The van der Waals surface area contributed by atoms with Gasteiger partial charge in [0.1, 0.15) is 0 Å². The summed E-state index contributed by atoms with van der Waals surface area (Å²) < 4.78 is 10.3. The quantitative estimate of drug-likeness (QED) is 0.543. The molecule has 0 saturated carbocycles. The third-order valence-corrected chi connectivity index (χ3v) is 2.01. The topological polar surface area (TPSA) is 21.7 Å². The SMILES string of the molecule is CCCN(CCC)CC(OC)OC. The number of nitrogens with zero attached hydrogens (tertiary/aromatic N) is 1. The molecule has 0 heterocycles. The second-order valence-electron chi connectivity index (χ2n) is 3.20. The Morgan fingerprint density at radius 1 is 1.00 bits per heavy atom. The molecule has 0 amide bonds. The Labute approximate surface area is 82.0 Å². The number of methoxy groups -OCH3 is 2. The standard InChI is InChI=1S/C10H23NO2/c1-5-7-11(8-6-2)9-10(12-3)13-4/h10H,5-9H2,1-4H3. The van der Waals surface area contributed by atoms with Gasteiger partial charge in [0, 0.05) is 20.8 Å². The normalized spacial score (nSPS) is 11.5. The highest BCUT2D eigenvalue weighted by atomic mass is 16.7. The maximum Gasteiger partial charge on any atom is 0.169 e. The van der Waals surface area contributed by atoms with Crippen LogP contribution in [-0.4, -0.2) is 45.0 Å². The first-order valence-electron chi connectivity index (χ1n) is 5.06. The van der Waals surface area contributed by atoms with Gasteiger partial charge in [-0.25, -0.2) is 0 Å². The Kier molecular flexibility index (Phi) is 8.40. The third-order valence-electron chi connectivity index (χ3n) is 2.01. The van der Waals surface area contributed by atoms with Gasteiger partial charge in [-0.05, 0) is 25.9 Å². The highest BCUT2D eigenvalue weighted by molar-refractivity contribution is 4.58. The molecule has 0 atom stereocenters. The summed E-state index contributed by atoms with van der Waals surface area (Å²) >= 11 is 0. The van der Waals surface area contributed by atoms with Gasteiger partial charge in [0.25, 0.3) is 0 Å². The third kappa shape index (κ3) is 6.02. The van der Waals surface area contributed by atoms with Crippen LogP contribution in [0.1, 0.15) is 26.7 Å². The van der Waals surface area contributed by atoms with E-state index in [1.54, 1.807) is 14.2 Å². The van der Waals surface area contributed by atoms with E-state index in [0.29, 0.717) is 0 Å². The van der Waals surface area contributed by atoms with Crippen LogP contribution < -0.4 is 0 Å². The molecular weight excluding hydrogens is 166 g/mol. The average molecular weight is 189 g/mol. The first-order chi connectivity index (χ1) is 6.28. The summed E-state index contributed by atoms with van der Waals surface area (Å²) in [7, 11) is 3.37. The molecule has 0 aromatic carbocycles. The molecule has 0 N–H and O–H groups in total. The summed E-state index contributed by atoms with van der Waals surface area (Å²) in [6.45, 7) is 7.50. The van der Waals surface area contributed by atoms with Crippen LogP contribution in [0.5, 0.6) is 0 Å². The van der Waals surface area contributed by atoms with E-state index in [1.165, 1.54) is 12.8 Å². The molecule has 3 heteroatoms. The zero-order chi connectivity index (χ0) is 10.1. The van der Waals surface area contributed by atoms with E-state index < -0.39 is 0 Å². The van der Waals surface area contributed by atoms with Gasteiger partial charge in [-0.2, -0.15) is 0 Å². The number of hydrogen-bond donors (Lipinski definition) is 0. The van der Waals surface area contributed by atoms with Crippen molar-refractivity contribution < 1.29 is 9.47 Å². The van der Waals surface area contributed by atoms with Crippen molar-refractivity contribution in [3.05, 3.63) is 0 Å². The molecule has 0 spiro atoms. The number of ether oxygens (including phenoxy) is 2. The molecule has 0 aliphatic heterocycles. The van der Waals surface area contributed by atoms with Crippen LogP contribution >= 0.6 is 0 Å². The van der Waals surface area contributed by atoms with Crippen molar-refractivity contribution in [2.24, 2.45) is 0 Å². The molecule has 3 nitrogen and oxygen atoms in total. The lowest BCUT2D eigenvalue weighted by Crippen LogP contribution is -2.35. The predicted octanol–water partition coefficient (Wildman–Crippen LogP) is 1.73. The lowest BCUT2D eigenvalue weighted by atomic mass is 10.3. The minimum atomic E-state index is -0.0851. The Bertz CT molecular complexity index is 99.1. The van der Waals surface area contributed by atoms with Gasteiger partial charge in [-0.15, -0.1) is 0 Å². The van der Waals surface area contributed by atoms with Gasteiger partial charge in [-0.1, -0.05) is 13.8 Å². The molecular formula is C10H23NO2. The summed E-state index contributed by atoms with van der Waals surface area (Å²) in [4.78, 5) is 2.37. The molecule has 0 unspecified atom stereocenters. The fourth-order valence-corrected chi connectivity index (χ4v) is 1.38.